The topological polar surface area (TPSA) is 77.8 Å². The molecular weight excluding hydrogens is 276 g/mol. The molecule has 2 rings (SSSR count). The molecule has 0 aliphatic heterocycles. The molecule has 0 heterocycles. The molecule has 0 amide bonds. The number of carboxylic acids is 1. The Balaban J connectivity index is 2.53. The van der Waals surface area contributed by atoms with E-state index in [0.717, 1.165) is 0 Å². The van der Waals surface area contributed by atoms with Crippen LogP contribution in [0.5, 0.6) is 5.75 Å². The Morgan fingerprint density at radius 2 is 2.06 bits per heavy atom. The van der Waals surface area contributed by atoms with Crippen LogP contribution < -0.4 is 0 Å². The Labute approximate surface area is 101 Å². The first-order chi connectivity index (χ1) is 7.47. The molecule has 1 aromatic rings. The molecule has 0 aromatic heterocycles. The Hall–Kier alpha value is -1.07. The Kier molecular flexibility index (Phi) is 2.67. The second kappa shape index (κ2) is 3.75. The van der Waals surface area contributed by atoms with Crippen LogP contribution in [0.15, 0.2) is 22.7 Å². The second-order valence-corrected chi connectivity index (χ2v) is 4.94. The van der Waals surface area contributed by atoms with E-state index in [-0.39, 0.29) is 18.6 Å². The highest BCUT2D eigenvalue weighted by molar-refractivity contribution is 9.10. The lowest BCUT2D eigenvalue weighted by molar-refractivity contribution is -0.153. The van der Waals surface area contributed by atoms with Crippen molar-refractivity contribution >= 4 is 21.9 Å². The number of hydrogen-bond acceptors (Lipinski definition) is 3. The lowest BCUT2D eigenvalue weighted by Gasteiger charge is -2.42. The number of carboxylic acid groups (broad SMARTS) is 1. The number of hydrogen-bond donors (Lipinski definition) is 3. The summed E-state index contributed by atoms with van der Waals surface area (Å²) in [5, 5.41) is 28.3. The number of aromatic hydroxyl groups is 1. The van der Waals surface area contributed by atoms with Crippen molar-refractivity contribution in [1.82, 2.24) is 0 Å². The largest absolute Gasteiger partial charge is 0.508 e. The Bertz CT molecular complexity index is 417. The monoisotopic (exact) mass is 286 g/mol. The van der Waals surface area contributed by atoms with Crippen molar-refractivity contribution in [1.29, 1.82) is 0 Å². The van der Waals surface area contributed by atoms with Crippen LogP contribution in [0.25, 0.3) is 0 Å². The average Bonchev–Trinajstić information content (AvgIpc) is 2.13. The van der Waals surface area contributed by atoms with Crippen LogP contribution in [-0.2, 0) is 10.2 Å². The maximum atomic E-state index is 11.3. The molecule has 0 radical (unpaired) electrons. The molecule has 1 saturated carbocycles. The third kappa shape index (κ3) is 1.51. The maximum absolute atomic E-state index is 11.3. The smallest absolute Gasteiger partial charge is 0.314 e. The van der Waals surface area contributed by atoms with Gasteiger partial charge < -0.3 is 15.3 Å². The standard InChI is InChI=1S/C11H11BrO4/c12-7-2-1-3-8(14)9(7)11(10(15)16)4-6(13)5-11/h1-3,6,13-14H,4-5H2,(H,15,16). The van der Waals surface area contributed by atoms with E-state index >= 15 is 0 Å². The number of aliphatic hydroxyl groups excluding tert-OH is 1. The average molecular weight is 287 g/mol. The summed E-state index contributed by atoms with van der Waals surface area (Å²) in [4.78, 5) is 11.3. The first kappa shape index (κ1) is 11.4. The van der Waals surface area contributed by atoms with Crippen LogP contribution in [0.4, 0.5) is 0 Å². The predicted molar refractivity (Wildman–Crippen MR) is 60.4 cm³/mol. The molecule has 4 nitrogen and oxygen atoms in total. The summed E-state index contributed by atoms with van der Waals surface area (Å²) in [5.41, 5.74) is -0.809. The molecule has 0 atom stereocenters. The number of benzene rings is 1. The molecule has 0 unspecified atom stereocenters. The highest BCUT2D eigenvalue weighted by atomic mass is 79.9. The van der Waals surface area contributed by atoms with E-state index in [9.17, 15) is 20.1 Å². The minimum absolute atomic E-state index is 0.0522. The summed E-state index contributed by atoms with van der Waals surface area (Å²) >= 11 is 3.24. The van der Waals surface area contributed by atoms with E-state index in [1.54, 1.807) is 12.1 Å². The van der Waals surface area contributed by atoms with Gasteiger partial charge in [-0.25, -0.2) is 0 Å². The van der Waals surface area contributed by atoms with Gasteiger partial charge in [0.25, 0.3) is 0 Å². The Morgan fingerprint density at radius 3 is 2.50 bits per heavy atom. The lowest BCUT2D eigenvalue weighted by atomic mass is 9.62. The van der Waals surface area contributed by atoms with Gasteiger partial charge in [-0.2, -0.15) is 0 Å². The van der Waals surface area contributed by atoms with Gasteiger partial charge in [0.2, 0.25) is 0 Å². The number of phenolic OH excluding ortho intramolecular Hbond substituents is 1. The van der Waals surface area contributed by atoms with Crippen molar-refractivity contribution in [3.63, 3.8) is 0 Å². The van der Waals surface area contributed by atoms with Crippen molar-refractivity contribution in [2.45, 2.75) is 24.4 Å². The zero-order valence-electron chi connectivity index (χ0n) is 8.35. The molecule has 1 aliphatic rings. The van der Waals surface area contributed by atoms with Crippen LogP contribution in [-0.4, -0.2) is 27.4 Å². The van der Waals surface area contributed by atoms with Crippen molar-refractivity contribution in [3.05, 3.63) is 28.2 Å². The van der Waals surface area contributed by atoms with Gasteiger partial charge in [0.1, 0.15) is 11.2 Å². The van der Waals surface area contributed by atoms with E-state index in [1.165, 1.54) is 6.07 Å². The fraction of sp³-hybridized carbons (Fsp3) is 0.364. The number of carbonyl (C=O) groups is 1. The van der Waals surface area contributed by atoms with Crippen LogP contribution in [0.2, 0.25) is 0 Å². The summed E-state index contributed by atoms with van der Waals surface area (Å²) in [6.07, 6.45) is -0.334. The summed E-state index contributed by atoms with van der Waals surface area (Å²) in [6, 6.07) is 4.77. The molecule has 0 saturated heterocycles. The van der Waals surface area contributed by atoms with Crippen LogP contribution >= 0.6 is 15.9 Å². The molecule has 1 aromatic carbocycles. The molecule has 1 aliphatic carbocycles. The van der Waals surface area contributed by atoms with Crippen LogP contribution in [0.1, 0.15) is 18.4 Å². The van der Waals surface area contributed by atoms with Gasteiger partial charge in [-0.15, -0.1) is 0 Å². The van der Waals surface area contributed by atoms with Gasteiger partial charge in [0, 0.05) is 10.0 Å². The SMILES string of the molecule is O=C(O)C1(c2c(O)cccc2Br)CC(O)C1. The third-order valence-corrected chi connectivity index (χ3v) is 3.71. The summed E-state index contributed by atoms with van der Waals surface area (Å²) in [6.45, 7) is 0. The first-order valence-corrected chi connectivity index (χ1v) is 5.66. The number of rotatable bonds is 2. The number of aliphatic carboxylic acids is 1. The van der Waals surface area contributed by atoms with Crippen molar-refractivity contribution in [3.8, 4) is 5.75 Å². The molecule has 0 bridgehead atoms. The quantitative estimate of drug-likeness (QED) is 0.772. The fourth-order valence-electron chi connectivity index (χ4n) is 2.22. The second-order valence-electron chi connectivity index (χ2n) is 4.08. The van der Waals surface area contributed by atoms with E-state index < -0.39 is 17.5 Å². The lowest BCUT2D eigenvalue weighted by Crippen LogP contribution is -2.50. The molecule has 1 fully saturated rings. The minimum atomic E-state index is -1.16. The predicted octanol–water partition coefficient (Wildman–Crippen LogP) is 1.63. The van der Waals surface area contributed by atoms with Crippen molar-refractivity contribution in [2.24, 2.45) is 0 Å². The zero-order valence-corrected chi connectivity index (χ0v) is 9.94. The van der Waals surface area contributed by atoms with E-state index in [0.29, 0.717) is 10.0 Å². The highest BCUT2D eigenvalue weighted by Crippen LogP contribution is 2.49. The normalized spacial score (nSPS) is 28.5. The summed E-state index contributed by atoms with van der Waals surface area (Å²) in [5.74, 6) is -1.07. The molecule has 86 valence electrons. The summed E-state index contributed by atoms with van der Waals surface area (Å²) < 4.78 is 0.557. The third-order valence-electron chi connectivity index (χ3n) is 3.05. The van der Waals surface area contributed by atoms with Crippen LogP contribution in [0.3, 0.4) is 0 Å². The van der Waals surface area contributed by atoms with Gasteiger partial charge >= 0.3 is 5.97 Å². The van der Waals surface area contributed by atoms with Gasteiger partial charge in [0.15, 0.2) is 0 Å². The molecule has 0 spiro atoms. The van der Waals surface area contributed by atoms with Gasteiger partial charge in [-0.05, 0) is 25.0 Å². The first-order valence-electron chi connectivity index (χ1n) is 4.87. The molecular formula is C11H11BrO4. The maximum Gasteiger partial charge on any atom is 0.314 e. The number of aliphatic hydroxyl groups is 1. The van der Waals surface area contributed by atoms with Gasteiger partial charge in [-0.1, -0.05) is 22.0 Å². The van der Waals surface area contributed by atoms with Crippen LogP contribution in [0, 0.1) is 0 Å². The fourth-order valence-corrected chi connectivity index (χ4v) is 2.95. The van der Waals surface area contributed by atoms with E-state index in [4.69, 9.17) is 0 Å². The zero-order chi connectivity index (χ0) is 11.9. The van der Waals surface area contributed by atoms with E-state index in [2.05, 4.69) is 15.9 Å². The number of halogens is 1. The molecule has 3 N–H and O–H groups in total. The molecule has 16 heavy (non-hydrogen) atoms. The molecule has 5 heteroatoms. The van der Waals surface area contributed by atoms with Gasteiger partial charge in [-0.3, -0.25) is 4.79 Å². The van der Waals surface area contributed by atoms with E-state index in [1.807, 2.05) is 0 Å². The van der Waals surface area contributed by atoms with Gasteiger partial charge in [0.05, 0.1) is 6.10 Å². The van der Waals surface area contributed by atoms with Crippen molar-refractivity contribution in [2.75, 3.05) is 0 Å². The minimum Gasteiger partial charge on any atom is -0.508 e. The highest BCUT2D eigenvalue weighted by Gasteiger charge is 2.53. The number of phenols is 1. The summed E-state index contributed by atoms with van der Waals surface area (Å²) in [7, 11) is 0. The van der Waals surface area contributed by atoms with Crippen molar-refractivity contribution < 1.29 is 20.1 Å². The Morgan fingerprint density at radius 1 is 1.44 bits per heavy atom.